The van der Waals surface area contributed by atoms with E-state index in [4.69, 9.17) is 0 Å². The lowest BCUT2D eigenvalue weighted by Gasteiger charge is -2.09. The third-order valence-electron chi connectivity index (χ3n) is 4.07. The quantitative estimate of drug-likeness (QED) is 0.617. The van der Waals surface area contributed by atoms with Crippen molar-refractivity contribution in [1.82, 2.24) is 15.3 Å². The zero-order valence-electron chi connectivity index (χ0n) is 14.7. The van der Waals surface area contributed by atoms with Crippen LogP contribution in [-0.4, -0.2) is 29.0 Å². The second-order valence-electron chi connectivity index (χ2n) is 6.57. The summed E-state index contributed by atoms with van der Waals surface area (Å²) in [6.45, 7) is 5.57. The number of benzene rings is 1. The summed E-state index contributed by atoms with van der Waals surface area (Å²) in [5, 5.41) is 7.48. The van der Waals surface area contributed by atoms with Crippen molar-refractivity contribution in [2.45, 2.75) is 20.3 Å². The first-order valence-corrected chi connectivity index (χ1v) is 8.66. The van der Waals surface area contributed by atoms with Crippen molar-refractivity contribution in [3.05, 3.63) is 59.9 Å². The molecule has 1 aromatic carbocycles. The lowest BCUT2D eigenvalue weighted by atomic mass is 10.1. The first-order chi connectivity index (χ1) is 12.1. The molecule has 0 saturated carbocycles. The molecular formula is C20H24N4O. The number of pyridine rings is 1. The largest absolute Gasteiger partial charge is 0.370 e. The Bertz CT molecular complexity index is 854. The summed E-state index contributed by atoms with van der Waals surface area (Å²) in [6, 6.07) is 11.8. The van der Waals surface area contributed by atoms with Crippen molar-refractivity contribution in [3.63, 3.8) is 0 Å². The number of amides is 1. The summed E-state index contributed by atoms with van der Waals surface area (Å²) in [4.78, 5) is 19.7. The highest BCUT2D eigenvalue weighted by Gasteiger charge is 2.08. The van der Waals surface area contributed by atoms with Crippen LogP contribution in [0.3, 0.4) is 0 Å². The number of hydrogen-bond acceptors (Lipinski definition) is 3. The van der Waals surface area contributed by atoms with Gasteiger partial charge in [0.15, 0.2) is 0 Å². The van der Waals surface area contributed by atoms with E-state index in [1.54, 1.807) is 18.3 Å². The summed E-state index contributed by atoms with van der Waals surface area (Å²) in [7, 11) is 0. The SMILES string of the molecule is CC(C)CNC(=O)c1ccnc(NCCc2c[nH]c3ccccc23)c1. The minimum Gasteiger partial charge on any atom is -0.370 e. The maximum Gasteiger partial charge on any atom is 0.251 e. The molecule has 0 radical (unpaired) electrons. The molecule has 25 heavy (non-hydrogen) atoms. The molecule has 2 aromatic heterocycles. The molecular weight excluding hydrogens is 312 g/mol. The van der Waals surface area contributed by atoms with Gasteiger partial charge in [-0.1, -0.05) is 32.0 Å². The Morgan fingerprint density at radius 3 is 2.92 bits per heavy atom. The summed E-state index contributed by atoms with van der Waals surface area (Å²) in [5.74, 6) is 1.09. The van der Waals surface area contributed by atoms with E-state index in [9.17, 15) is 4.79 Å². The number of anilines is 1. The van der Waals surface area contributed by atoms with Crippen molar-refractivity contribution >= 4 is 22.6 Å². The van der Waals surface area contributed by atoms with Crippen LogP contribution >= 0.6 is 0 Å². The van der Waals surface area contributed by atoms with Gasteiger partial charge in [0, 0.05) is 41.9 Å². The molecule has 2 heterocycles. The third kappa shape index (κ3) is 4.38. The van der Waals surface area contributed by atoms with Crippen LogP contribution < -0.4 is 10.6 Å². The number of nitrogens with one attached hydrogen (secondary N) is 3. The van der Waals surface area contributed by atoms with Crippen LogP contribution in [0.1, 0.15) is 29.8 Å². The van der Waals surface area contributed by atoms with Crippen molar-refractivity contribution < 1.29 is 4.79 Å². The summed E-state index contributed by atoms with van der Waals surface area (Å²) in [5.41, 5.74) is 3.05. The van der Waals surface area contributed by atoms with E-state index < -0.39 is 0 Å². The molecule has 0 saturated heterocycles. The number of nitrogens with zero attached hydrogens (tertiary/aromatic N) is 1. The molecule has 3 N–H and O–H groups in total. The molecule has 0 aliphatic rings. The smallest absolute Gasteiger partial charge is 0.251 e. The number of rotatable bonds is 7. The van der Waals surface area contributed by atoms with Gasteiger partial charge in [0.25, 0.3) is 5.91 Å². The fourth-order valence-corrected chi connectivity index (χ4v) is 2.73. The van der Waals surface area contributed by atoms with Crippen molar-refractivity contribution in [3.8, 4) is 0 Å². The summed E-state index contributed by atoms with van der Waals surface area (Å²) >= 11 is 0. The predicted octanol–water partition coefficient (Wildman–Crippen LogP) is 3.60. The van der Waals surface area contributed by atoms with Gasteiger partial charge < -0.3 is 15.6 Å². The Morgan fingerprint density at radius 1 is 1.24 bits per heavy atom. The van der Waals surface area contributed by atoms with Gasteiger partial charge in [0.1, 0.15) is 5.82 Å². The number of para-hydroxylation sites is 1. The Labute approximate surface area is 147 Å². The van der Waals surface area contributed by atoms with Gasteiger partial charge in [-0.3, -0.25) is 4.79 Å². The Balaban J connectivity index is 1.58. The van der Waals surface area contributed by atoms with Crippen LogP contribution in [-0.2, 0) is 6.42 Å². The van der Waals surface area contributed by atoms with Crippen molar-refractivity contribution in [2.75, 3.05) is 18.4 Å². The van der Waals surface area contributed by atoms with E-state index >= 15 is 0 Å². The van der Waals surface area contributed by atoms with Crippen LogP contribution in [0.5, 0.6) is 0 Å². The molecule has 3 rings (SSSR count). The van der Waals surface area contributed by atoms with Crippen LogP contribution in [0.4, 0.5) is 5.82 Å². The van der Waals surface area contributed by atoms with Crippen LogP contribution in [0.25, 0.3) is 10.9 Å². The minimum absolute atomic E-state index is 0.0595. The monoisotopic (exact) mass is 336 g/mol. The number of aromatic amines is 1. The normalized spacial score (nSPS) is 11.0. The van der Waals surface area contributed by atoms with E-state index in [-0.39, 0.29) is 5.91 Å². The van der Waals surface area contributed by atoms with E-state index in [0.717, 1.165) is 24.3 Å². The highest BCUT2D eigenvalue weighted by atomic mass is 16.1. The molecule has 0 atom stereocenters. The fraction of sp³-hybridized carbons (Fsp3) is 0.300. The van der Waals surface area contributed by atoms with Crippen molar-refractivity contribution in [1.29, 1.82) is 0 Å². The van der Waals surface area contributed by atoms with Gasteiger partial charge in [-0.2, -0.15) is 0 Å². The van der Waals surface area contributed by atoms with Crippen LogP contribution in [0, 0.1) is 5.92 Å². The lowest BCUT2D eigenvalue weighted by molar-refractivity contribution is 0.0949. The molecule has 0 fully saturated rings. The third-order valence-corrected chi connectivity index (χ3v) is 4.07. The summed E-state index contributed by atoms with van der Waals surface area (Å²) < 4.78 is 0. The number of fused-ring (bicyclic) bond motifs is 1. The molecule has 3 aromatic rings. The zero-order chi connectivity index (χ0) is 17.6. The average Bonchev–Trinajstić information content (AvgIpc) is 3.03. The van der Waals surface area contributed by atoms with Crippen molar-refractivity contribution in [2.24, 2.45) is 5.92 Å². The second kappa shape index (κ2) is 7.83. The number of aromatic nitrogens is 2. The summed E-state index contributed by atoms with van der Waals surface area (Å²) in [6.07, 6.45) is 4.60. The highest BCUT2D eigenvalue weighted by Crippen LogP contribution is 2.18. The number of hydrogen-bond donors (Lipinski definition) is 3. The fourth-order valence-electron chi connectivity index (χ4n) is 2.73. The molecule has 5 nitrogen and oxygen atoms in total. The maximum atomic E-state index is 12.1. The molecule has 0 bridgehead atoms. The highest BCUT2D eigenvalue weighted by molar-refractivity contribution is 5.94. The van der Waals surface area contributed by atoms with Gasteiger partial charge in [0.2, 0.25) is 0 Å². The maximum absolute atomic E-state index is 12.1. The zero-order valence-corrected chi connectivity index (χ0v) is 14.7. The Kier molecular flexibility index (Phi) is 5.33. The van der Waals surface area contributed by atoms with Crippen LogP contribution in [0.2, 0.25) is 0 Å². The van der Waals surface area contributed by atoms with Crippen LogP contribution in [0.15, 0.2) is 48.8 Å². The number of carbonyl (C=O) groups excluding carboxylic acids is 1. The molecule has 0 aliphatic carbocycles. The molecule has 130 valence electrons. The van der Waals surface area contributed by atoms with E-state index in [2.05, 4.69) is 52.8 Å². The van der Waals surface area contributed by atoms with E-state index in [0.29, 0.717) is 18.0 Å². The standard InChI is InChI=1S/C20H24N4O/c1-14(2)12-24-20(25)15-7-9-21-19(11-15)22-10-8-16-13-23-18-6-4-3-5-17(16)18/h3-7,9,11,13-14,23H,8,10,12H2,1-2H3,(H,21,22)(H,24,25). The van der Waals surface area contributed by atoms with Gasteiger partial charge in [0.05, 0.1) is 0 Å². The molecule has 1 amide bonds. The molecule has 0 spiro atoms. The van der Waals surface area contributed by atoms with Gasteiger partial charge in [-0.15, -0.1) is 0 Å². The molecule has 0 aliphatic heterocycles. The first kappa shape index (κ1) is 17.0. The molecule has 0 unspecified atom stereocenters. The molecule has 5 heteroatoms. The van der Waals surface area contributed by atoms with Gasteiger partial charge >= 0.3 is 0 Å². The average molecular weight is 336 g/mol. The minimum atomic E-state index is -0.0595. The lowest BCUT2D eigenvalue weighted by Crippen LogP contribution is -2.27. The van der Waals surface area contributed by atoms with E-state index in [1.807, 2.05) is 12.1 Å². The Hall–Kier alpha value is -2.82. The first-order valence-electron chi connectivity index (χ1n) is 8.66. The van der Waals surface area contributed by atoms with Gasteiger partial charge in [-0.25, -0.2) is 4.98 Å². The van der Waals surface area contributed by atoms with E-state index in [1.165, 1.54) is 10.9 Å². The predicted molar refractivity (Wildman–Crippen MR) is 102 cm³/mol. The number of H-pyrrole nitrogens is 1. The Morgan fingerprint density at radius 2 is 2.08 bits per heavy atom. The topological polar surface area (TPSA) is 69.8 Å². The number of carbonyl (C=O) groups is 1. The second-order valence-corrected chi connectivity index (χ2v) is 6.57. The van der Waals surface area contributed by atoms with Gasteiger partial charge in [-0.05, 0) is 36.1 Å².